The van der Waals surface area contributed by atoms with Crippen LogP contribution in [-0.4, -0.2) is 59.2 Å². The largest absolute Gasteiger partial charge is 0.367 e. The molecule has 1 N–H and O–H groups in total. The molecule has 2 amide bonds. The summed E-state index contributed by atoms with van der Waals surface area (Å²) in [6, 6.07) is 20.5. The number of para-hydroxylation sites is 1. The first-order valence-corrected chi connectivity index (χ1v) is 11.1. The van der Waals surface area contributed by atoms with Crippen molar-refractivity contribution < 1.29 is 9.59 Å². The first-order valence-electron chi connectivity index (χ1n) is 11.1. The molecule has 2 aromatic carbocycles. The second kappa shape index (κ2) is 9.68. The summed E-state index contributed by atoms with van der Waals surface area (Å²) in [5.74, 6) is -0.329. The highest BCUT2D eigenvalue weighted by Gasteiger charge is 2.23. The van der Waals surface area contributed by atoms with E-state index in [4.69, 9.17) is 0 Å². The number of anilines is 1. The molecule has 0 atom stereocenters. The first-order chi connectivity index (χ1) is 15.6. The minimum absolute atomic E-state index is 0.00657. The summed E-state index contributed by atoms with van der Waals surface area (Å²) in [7, 11) is 0. The highest BCUT2D eigenvalue weighted by molar-refractivity contribution is 5.95. The quantitative estimate of drug-likeness (QED) is 0.652. The van der Waals surface area contributed by atoms with E-state index in [1.807, 2.05) is 36.9 Å². The van der Waals surface area contributed by atoms with Gasteiger partial charge in [0.2, 0.25) is 5.91 Å². The summed E-state index contributed by atoms with van der Waals surface area (Å²) in [6.07, 6.45) is 0. The number of carbonyl (C=O) groups is 2. The van der Waals surface area contributed by atoms with E-state index >= 15 is 0 Å². The normalized spacial score (nSPS) is 13.8. The van der Waals surface area contributed by atoms with Crippen LogP contribution in [0.25, 0.3) is 11.1 Å². The predicted molar refractivity (Wildman–Crippen MR) is 126 cm³/mol. The zero-order chi connectivity index (χ0) is 22.5. The number of aryl methyl sites for hydroxylation is 2. The van der Waals surface area contributed by atoms with Crippen molar-refractivity contribution in [3.05, 3.63) is 72.1 Å². The predicted octanol–water partition coefficient (Wildman–Crippen LogP) is 2.96. The molecular weight excluding hydrogens is 402 g/mol. The summed E-state index contributed by atoms with van der Waals surface area (Å²) in [6.45, 7) is 7.15. The average Bonchev–Trinajstić information content (AvgIpc) is 3.24. The SMILES string of the molecule is CCn1nc(C)cc1C(=O)NCC(=O)N1CCN(c2ccccc2-c2ccccc2)CC1. The summed E-state index contributed by atoms with van der Waals surface area (Å²) in [5, 5.41) is 7.04. The van der Waals surface area contributed by atoms with Gasteiger partial charge in [-0.15, -0.1) is 0 Å². The highest BCUT2D eigenvalue weighted by Crippen LogP contribution is 2.31. The molecule has 166 valence electrons. The van der Waals surface area contributed by atoms with Crippen molar-refractivity contribution in [2.24, 2.45) is 0 Å². The Morgan fingerprint density at radius 1 is 0.969 bits per heavy atom. The Bertz CT molecular complexity index is 1080. The fourth-order valence-electron chi connectivity index (χ4n) is 4.14. The molecule has 0 saturated carbocycles. The van der Waals surface area contributed by atoms with E-state index in [1.165, 1.54) is 16.8 Å². The lowest BCUT2D eigenvalue weighted by Crippen LogP contribution is -2.51. The second-order valence-corrected chi connectivity index (χ2v) is 7.92. The van der Waals surface area contributed by atoms with Crippen LogP contribution in [0.15, 0.2) is 60.7 Å². The molecule has 0 unspecified atom stereocenters. The molecule has 0 radical (unpaired) electrons. The van der Waals surface area contributed by atoms with Gasteiger partial charge in [0, 0.05) is 44.0 Å². The van der Waals surface area contributed by atoms with E-state index in [0.29, 0.717) is 25.3 Å². The molecule has 4 rings (SSSR count). The van der Waals surface area contributed by atoms with Gasteiger partial charge >= 0.3 is 0 Å². The molecule has 0 bridgehead atoms. The van der Waals surface area contributed by atoms with E-state index in [2.05, 4.69) is 51.7 Å². The van der Waals surface area contributed by atoms with E-state index in [-0.39, 0.29) is 18.4 Å². The van der Waals surface area contributed by atoms with Crippen molar-refractivity contribution in [1.82, 2.24) is 20.0 Å². The Hall–Kier alpha value is -3.61. The van der Waals surface area contributed by atoms with Gasteiger partial charge in [0.1, 0.15) is 5.69 Å². The molecule has 1 aliphatic rings. The minimum atomic E-state index is -0.267. The van der Waals surface area contributed by atoms with Gasteiger partial charge in [-0.25, -0.2) is 0 Å². The van der Waals surface area contributed by atoms with Gasteiger partial charge in [0.05, 0.1) is 12.2 Å². The fraction of sp³-hybridized carbons (Fsp3) is 0.320. The third-order valence-corrected chi connectivity index (χ3v) is 5.80. The van der Waals surface area contributed by atoms with Crippen LogP contribution in [0, 0.1) is 6.92 Å². The topological polar surface area (TPSA) is 70.5 Å². The number of piperazine rings is 1. The fourth-order valence-corrected chi connectivity index (χ4v) is 4.14. The van der Waals surface area contributed by atoms with E-state index in [1.54, 1.807) is 10.7 Å². The Balaban J connectivity index is 1.34. The number of benzene rings is 2. The molecule has 1 aliphatic heterocycles. The minimum Gasteiger partial charge on any atom is -0.367 e. The van der Waals surface area contributed by atoms with Crippen LogP contribution in [-0.2, 0) is 11.3 Å². The average molecular weight is 432 g/mol. The van der Waals surface area contributed by atoms with Gasteiger partial charge in [0.25, 0.3) is 5.91 Å². The summed E-state index contributed by atoms with van der Waals surface area (Å²) in [5.41, 5.74) is 4.84. The maximum absolute atomic E-state index is 12.7. The van der Waals surface area contributed by atoms with E-state index in [9.17, 15) is 9.59 Å². The standard InChI is InChI=1S/C25H29N5O2/c1-3-30-23(17-19(2)27-30)25(32)26-18-24(31)29-15-13-28(14-16-29)22-12-8-7-11-21(22)20-9-5-4-6-10-20/h4-12,17H,3,13-16,18H2,1-2H3,(H,26,32). The molecular formula is C25H29N5O2. The number of hydrogen-bond donors (Lipinski definition) is 1. The monoisotopic (exact) mass is 431 g/mol. The Labute approximate surface area is 188 Å². The van der Waals surface area contributed by atoms with Crippen molar-refractivity contribution >= 4 is 17.5 Å². The molecule has 2 heterocycles. The number of nitrogens with one attached hydrogen (secondary N) is 1. The van der Waals surface area contributed by atoms with Crippen LogP contribution in [0.3, 0.4) is 0 Å². The van der Waals surface area contributed by atoms with Crippen molar-refractivity contribution in [2.75, 3.05) is 37.6 Å². The molecule has 32 heavy (non-hydrogen) atoms. The van der Waals surface area contributed by atoms with Gasteiger partial charge in [-0.2, -0.15) is 5.10 Å². The molecule has 3 aromatic rings. The zero-order valence-corrected chi connectivity index (χ0v) is 18.6. The van der Waals surface area contributed by atoms with Crippen molar-refractivity contribution in [2.45, 2.75) is 20.4 Å². The van der Waals surface area contributed by atoms with Gasteiger partial charge in [-0.05, 0) is 31.5 Å². The smallest absolute Gasteiger partial charge is 0.269 e. The van der Waals surface area contributed by atoms with Gasteiger partial charge in [-0.3, -0.25) is 14.3 Å². The maximum atomic E-state index is 12.7. The summed E-state index contributed by atoms with van der Waals surface area (Å²) >= 11 is 0. The highest BCUT2D eigenvalue weighted by atomic mass is 16.2. The lowest BCUT2D eigenvalue weighted by atomic mass is 10.0. The van der Waals surface area contributed by atoms with Gasteiger partial charge < -0.3 is 15.1 Å². The number of nitrogens with zero attached hydrogens (tertiary/aromatic N) is 4. The summed E-state index contributed by atoms with van der Waals surface area (Å²) in [4.78, 5) is 29.3. The van der Waals surface area contributed by atoms with Crippen LogP contribution in [0.1, 0.15) is 23.1 Å². The third-order valence-electron chi connectivity index (χ3n) is 5.80. The lowest BCUT2D eigenvalue weighted by Gasteiger charge is -2.37. The van der Waals surface area contributed by atoms with Crippen molar-refractivity contribution in [3.63, 3.8) is 0 Å². The Morgan fingerprint density at radius 2 is 1.66 bits per heavy atom. The number of rotatable bonds is 6. The zero-order valence-electron chi connectivity index (χ0n) is 18.6. The van der Waals surface area contributed by atoms with Crippen LogP contribution in [0.4, 0.5) is 5.69 Å². The Kier molecular flexibility index (Phi) is 6.54. The molecule has 7 heteroatoms. The number of carbonyl (C=O) groups excluding carboxylic acids is 2. The third kappa shape index (κ3) is 4.66. The molecule has 7 nitrogen and oxygen atoms in total. The maximum Gasteiger partial charge on any atom is 0.269 e. The van der Waals surface area contributed by atoms with Crippen LogP contribution < -0.4 is 10.2 Å². The van der Waals surface area contributed by atoms with Gasteiger partial charge in [0.15, 0.2) is 0 Å². The van der Waals surface area contributed by atoms with E-state index < -0.39 is 0 Å². The van der Waals surface area contributed by atoms with Crippen molar-refractivity contribution in [1.29, 1.82) is 0 Å². The molecule has 1 aromatic heterocycles. The molecule has 1 saturated heterocycles. The first kappa shape index (κ1) is 21.6. The Morgan fingerprint density at radius 3 is 2.38 bits per heavy atom. The number of aromatic nitrogens is 2. The number of hydrogen-bond acceptors (Lipinski definition) is 4. The van der Waals surface area contributed by atoms with Crippen molar-refractivity contribution in [3.8, 4) is 11.1 Å². The molecule has 0 aliphatic carbocycles. The molecule has 1 fully saturated rings. The van der Waals surface area contributed by atoms with Crippen LogP contribution in [0.5, 0.6) is 0 Å². The van der Waals surface area contributed by atoms with Crippen LogP contribution in [0.2, 0.25) is 0 Å². The van der Waals surface area contributed by atoms with Gasteiger partial charge in [-0.1, -0.05) is 48.5 Å². The van der Waals surface area contributed by atoms with Crippen LogP contribution >= 0.6 is 0 Å². The number of amides is 2. The van der Waals surface area contributed by atoms with E-state index in [0.717, 1.165) is 18.8 Å². The lowest BCUT2D eigenvalue weighted by molar-refractivity contribution is -0.130. The summed E-state index contributed by atoms with van der Waals surface area (Å²) < 4.78 is 1.65. The second-order valence-electron chi connectivity index (χ2n) is 7.92. The molecule has 0 spiro atoms.